The summed E-state index contributed by atoms with van der Waals surface area (Å²) in [5.41, 5.74) is 0.925. The van der Waals surface area contributed by atoms with Crippen LogP contribution in [0.3, 0.4) is 0 Å². The molecule has 0 aliphatic rings. The largest absolute Gasteiger partial charge is 0.390 e. The van der Waals surface area contributed by atoms with Gasteiger partial charge < -0.3 is 10.4 Å². The molecule has 0 bridgehead atoms. The summed E-state index contributed by atoms with van der Waals surface area (Å²) >= 11 is 11.1. The quantitative estimate of drug-likeness (QED) is 0.172. The number of carbonyl (C=O) groups is 1. The molecule has 0 aliphatic heterocycles. The molecule has 2 rings (SSSR count). The van der Waals surface area contributed by atoms with Crippen molar-refractivity contribution in [2.24, 2.45) is 0 Å². The zero-order valence-electron chi connectivity index (χ0n) is 14.9. The van der Waals surface area contributed by atoms with Gasteiger partial charge in [-0.15, -0.1) is 0 Å². The normalized spacial score (nSPS) is 11.4. The first-order valence-electron chi connectivity index (χ1n) is 8.03. The van der Waals surface area contributed by atoms with Gasteiger partial charge >= 0.3 is 0 Å². The van der Waals surface area contributed by atoms with E-state index in [1.54, 1.807) is 32.0 Å². The number of carbonyl (C=O) groups excluding carboxylic acids is 1. The Morgan fingerprint density at radius 1 is 1.32 bits per heavy atom. The highest BCUT2D eigenvalue weighted by molar-refractivity contribution is 14.1. The summed E-state index contributed by atoms with van der Waals surface area (Å²) in [5.74, 6) is -3.19. The van der Waals surface area contributed by atoms with E-state index in [1.807, 2.05) is 0 Å². The fourth-order valence-corrected chi connectivity index (χ4v) is 3.40. The smallest absolute Gasteiger partial charge is 0.277 e. The predicted octanol–water partition coefficient (Wildman–Crippen LogP) is 5.55. The molecule has 28 heavy (non-hydrogen) atoms. The van der Waals surface area contributed by atoms with Crippen molar-refractivity contribution in [1.29, 1.82) is 0 Å². The summed E-state index contributed by atoms with van der Waals surface area (Å²) in [5, 5.41) is 12.6. The molecule has 152 valence electrons. The summed E-state index contributed by atoms with van der Waals surface area (Å²) in [4.78, 5) is 17.5. The van der Waals surface area contributed by atoms with Crippen LogP contribution in [0.25, 0.3) is 0 Å². The van der Waals surface area contributed by atoms with E-state index in [2.05, 4.69) is 49.3 Å². The van der Waals surface area contributed by atoms with Gasteiger partial charge in [0.25, 0.3) is 5.91 Å². The molecule has 2 aromatic carbocycles. The standard InChI is InChI=1S/C18H17BrClF2IN2O3/c1-18(2,27)5-6-28-25-17(26)10-8-11(19)14(21)15(22)16(10)24-13-4-3-9(23)7-12(13)20/h3-4,7-8,24,27H,5-6H2,1-2H3,(H,25,26). The number of hydrogen-bond acceptors (Lipinski definition) is 4. The third kappa shape index (κ3) is 6.24. The predicted molar refractivity (Wildman–Crippen MR) is 116 cm³/mol. The zero-order valence-corrected chi connectivity index (χ0v) is 19.4. The average Bonchev–Trinajstić information content (AvgIpc) is 2.59. The van der Waals surface area contributed by atoms with Gasteiger partial charge in [-0.3, -0.25) is 9.63 Å². The fourth-order valence-electron chi connectivity index (χ4n) is 2.09. The van der Waals surface area contributed by atoms with Gasteiger partial charge in [0, 0.05) is 9.99 Å². The Balaban J connectivity index is 2.29. The van der Waals surface area contributed by atoms with Crippen LogP contribution in [0.1, 0.15) is 30.6 Å². The number of hydrogen-bond donors (Lipinski definition) is 3. The molecule has 0 heterocycles. The van der Waals surface area contributed by atoms with Gasteiger partial charge in [0.05, 0.1) is 38.6 Å². The van der Waals surface area contributed by atoms with Crippen LogP contribution in [0.5, 0.6) is 0 Å². The van der Waals surface area contributed by atoms with Crippen LogP contribution in [-0.4, -0.2) is 23.2 Å². The molecule has 0 aromatic heterocycles. The van der Waals surface area contributed by atoms with Crippen molar-refractivity contribution in [3.8, 4) is 0 Å². The summed E-state index contributed by atoms with van der Waals surface area (Å²) in [7, 11) is 0. The highest BCUT2D eigenvalue weighted by Gasteiger charge is 2.23. The van der Waals surface area contributed by atoms with E-state index in [9.17, 15) is 18.7 Å². The lowest BCUT2D eigenvalue weighted by Gasteiger charge is -2.18. The highest BCUT2D eigenvalue weighted by atomic mass is 127. The second-order valence-corrected chi connectivity index (χ2v) is 9.01. The first kappa shape index (κ1) is 23.3. The van der Waals surface area contributed by atoms with Gasteiger partial charge in [-0.25, -0.2) is 14.3 Å². The molecule has 5 nitrogen and oxygen atoms in total. The van der Waals surface area contributed by atoms with Crippen LogP contribution in [0.2, 0.25) is 5.02 Å². The van der Waals surface area contributed by atoms with Crippen LogP contribution in [0.15, 0.2) is 28.7 Å². The molecule has 0 saturated carbocycles. The molecule has 0 atom stereocenters. The molecule has 2 aromatic rings. The summed E-state index contributed by atoms with van der Waals surface area (Å²) < 4.78 is 29.3. The van der Waals surface area contributed by atoms with Gasteiger partial charge in [-0.2, -0.15) is 0 Å². The van der Waals surface area contributed by atoms with E-state index in [0.717, 1.165) is 9.64 Å². The van der Waals surface area contributed by atoms with Gasteiger partial charge in [0.15, 0.2) is 11.6 Å². The highest BCUT2D eigenvalue weighted by Crippen LogP contribution is 2.34. The Bertz CT molecular complexity index is 894. The van der Waals surface area contributed by atoms with Crippen molar-refractivity contribution in [3.63, 3.8) is 0 Å². The number of nitrogens with one attached hydrogen (secondary N) is 2. The van der Waals surface area contributed by atoms with Crippen molar-refractivity contribution >= 4 is 67.4 Å². The molecule has 0 unspecified atom stereocenters. The lowest BCUT2D eigenvalue weighted by Crippen LogP contribution is -2.28. The Morgan fingerprint density at radius 3 is 2.61 bits per heavy atom. The number of anilines is 2. The molecule has 0 fully saturated rings. The summed E-state index contributed by atoms with van der Waals surface area (Å²) in [6.45, 7) is 3.22. The van der Waals surface area contributed by atoms with Gasteiger partial charge in [-0.1, -0.05) is 11.6 Å². The number of hydroxylamine groups is 1. The van der Waals surface area contributed by atoms with Crippen molar-refractivity contribution in [2.45, 2.75) is 25.9 Å². The average molecular weight is 590 g/mol. The lowest BCUT2D eigenvalue weighted by molar-refractivity contribution is -0.00570. The van der Waals surface area contributed by atoms with Crippen LogP contribution in [0, 0.1) is 15.2 Å². The van der Waals surface area contributed by atoms with Crippen LogP contribution in [0.4, 0.5) is 20.2 Å². The van der Waals surface area contributed by atoms with E-state index < -0.39 is 23.1 Å². The lowest BCUT2D eigenvalue weighted by atomic mass is 10.1. The topological polar surface area (TPSA) is 70.6 Å². The van der Waals surface area contributed by atoms with Crippen LogP contribution in [-0.2, 0) is 4.84 Å². The second-order valence-electron chi connectivity index (χ2n) is 6.50. The molecule has 0 saturated heterocycles. The molecule has 0 aliphatic carbocycles. The summed E-state index contributed by atoms with van der Waals surface area (Å²) in [6.07, 6.45) is 0.262. The Morgan fingerprint density at radius 2 is 2.00 bits per heavy atom. The van der Waals surface area contributed by atoms with E-state index in [0.29, 0.717) is 5.69 Å². The maximum atomic E-state index is 14.6. The molecule has 0 radical (unpaired) electrons. The van der Waals surface area contributed by atoms with Crippen molar-refractivity contribution in [2.75, 3.05) is 11.9 Å². The van der Waals surface area contributed by atoms with Crippen LogP contribution < -0.4 is 10.8 Å². The Labute approximate surface area is 188 Å². The minimum absolute atomic E-state index is 0.0335. The van der Waals surface area contributed by atoms with E-state index in [-0.39, 0.29) is 33.8 Å². The monoisotopic (exact) mass is 588 g/mol. The van der Waals surface area contributed by atoms with E-state index >= 15 is 0 Å². The SMILES string of the molecule is CC(C)(O)CCONC(=O)c1cc(Br)c(F)c(F)c1Nc1ccc(I)cc1Cl. The molecule has 0 spiro atoms. The minimum Gasteiger partial charge on any atom is -0.390 e. The third-order valence-electron chi connectivity index (χ3n) is 3.58. The van der Waals surface area contributed by atoms with E-state index in [1.165, 1.54) is 0 Å². The summed E-state index contributed by atoms with van der Waals surface area (Å²) in [6, 6.07) is 6.08. The first-order chi connectivity index (χ1) is 13.0. The fraction of sp³-hybridized carbons (Fsp3) is 0.278. The second kappa shape index (κ2) is 9.66. The van der Waals surface area contributed by atoms with Gasteiger partial charge in [0.1, 0.15) is 0 Å². The number of aliphatic hydroxyl groups is 1. The number of benzene rings is 2. The maximum Gasteiger partial charge on any atom is 0.277 e. The maximum absolute atomic E-state index is 14.6. The van der Waals surface area contributed by atoms with Crippen molar-refractivity contribution in [1.82, 2.24) is 5.48 Å². The molecule has 3 N–H and O–H groups in total. The van der Waals surface area contributed by atoms with Crippen molar-refractivity contribution < 1.29 is 23.5 Å². The van der Waals surface area contributed by atoms with Gasteiger partial charge in [0.2, 0.25) is 0 Å². The number of rotatable bonds is 7. The Kier molecular flexibility index (Phi) is 8.03. The van der Waals surface area contributed by atoms with Crippen LogP contribution >= 0.6 is 50.1 Å². The van der Waals surface area contributed by atoms with Gasteiger partial charge in [-0.05, 0) is 76.6 Å². The Hall–Kier alpha value is -1.01. The minimum atomic E-state index is -1.24. The molecular weight excluding hydrogens is 572 g/mol. The molecular formula is C18H17BrClF2IN2O3. The number of halogens is 5. The van der Waals surface area contributed by atoms with E-state index in [4.69, 9.17) is 16.4 Å². The molecule has 1 amide bonds. The molecule has 10 heteroatoms. The first-order valence-corrected chi connectivity index (χ1v) is 10.3. The zero-order chi connectivity index (χ0) is 21.1. The number of amides is 1. The van der Waals surface area contributed by atoms with Crippen molar-refractivity contribution in [3.05, 3.63) is 54.5 Å². The third-order valence-corrected chi connectivity index (χ3v) is 5.14.